The third-order valence-corrected chi connectivity index (χ3v) is 9.85. The normalized spacial score (nSPS) is 52.6. The number of carbonyl (C=O) groups is 2. The van der Waals surface area contributed by atoms with E-state index in [0.717, 1.165) is 19.3 Å². The van der Waals surface area contributed by atoms with Crippen LogP contribution in [0.2, 0.25) is 0 Å². The molecule has 4 fully saturated rings. The minimum Gasteiger partial charge on any atom is -0.299 e. The van der Waals surface area contributed by atoms with Gasteiger partial charge in [-0.1, -0.05) is 41.5 Å². The van der Waals surface area contributed by atoms with E-state index in [0.29, 0.717) is 23.4 Å². The fourth-order valence-corrected chi connectivity index (χ4v) is 7.36. The lowest BCUT2D eigenvalue weighted by Crippen LogP contribution is -2.36. The fraction of sp³-hybridized carbons (Fsp3) is 0.905. The number of carbonyl (C=O) groups excluding carboxylic acids is 2. The molecular weight excluding hydrogens is 284 g/mol. The number of rotatable bonds is 2. The number of fused-ring (bicyclic) bond motifs is 4. The Morgan fingerprint density at radius 2 is 1.09 bits per heavy atom. The summed E-state index contributed by atoms with van der Waals surface area (Å²) in [5.74, 6) is 2.19. The van der Waals surface area contributed by atoms with Crippen LogP contribution in [0.15, 0.2) is 0 Å². The number of hydrogen-bond acceptors (Lipinski definition) is 2. The van der Waals surface area contributed by atoms with Crippen molar-refractivity contribution in [2.75, 3.05) is 0 Å². The first-order chi connectivity index (χ1) is 10.5. The van der Waals surface area contributed by atoms with Crippen LogP contribution in [-0.4, -0.2) is 11.6 Å². The predicted octanol–water partition coefficient (Wildman–Crippen LogP) is 4.66. The predicted molar refractivity (Wildman–Crippen MR) is 90.8 cm³/mol. The Morgan fingerprint density at radius 3 is 1.35 bits per heavy atom. The molecule has 2 heteroatoms. The van der Waals surface area contributed by atoms with Gasteiger partial charge in [0.1, 0.15) is 11.6 Å². The first kappa shape index (κ1) is 15.8. The Morgan fingerprint density at radius 1 is 0.739 bits per heavy atom. The lowest BCUT2D eigenvalue weighted by atomic mass is 9.70. The van der Waals surface area contributed by atoms with Crippen molar-refractivity contribution in [3.63, 3.8) is 0 Å². The van der Waals surface area contributed by atoms with Crippen molar-refractivity contribution in [3.05, 3.63) is 0 Å². The van der Waals surface area contributed by atoms with E-state index in [2.05, 4.69) is 41.5 Å². The second-order valence-corrected chi connectivity index (χ2v) is 10.6. The van der Waals surface area contributed by atoms with Gasteiger partial charge in [-0.25, -0.2) is 0 Å². The zero-order chi connectivity index (χ0) is 17.0. The molecule has 2 nitrogen and oxygen atoms in total. The van der Waals surface area contributed by atoms with Crippen LogP contribution in [0.5, 0.6) is 0 Å². The summed E-state index contributed by atoms with van der Waals surface area (Å²) in [6.45, 7) is 13.5. The van der Waals surface area contributed by atoms with Crippen LogP contribution in [-0.2, 0) is 9.59 Å². The SMILES string of the molecule is CC1(C)[C@@H]2CC[C@@]1(C)C(=O)[C@@H]2C[C@H]1C(=O)[C@]2(C)CC[C@@H]1C2(C)C. The molecule has 0 amide bonds. The van der Waals surface area contributed by atoms with E-state index in [4.69, 9.17) is 0 Å². The average molecular weight is 316 g/mol. The third-order valence-electron chi connectivity index (χ3n) is 9.85. The van der Waals surface area contributed by atoms with E-state index >= 15 is 0 Å². The van der Waals surface area contributed by atoms with Crippen molar-refractivity contribution < 1.29 is 9.59 Å². The van der Waals surface area contributed by atoms with Crippen LogP contribution in [0.3, 0.4) is 0 Å². The van der Waals surface area contributed by atoms with Gasteiger partial charge in [0.05, 0.1) is 0 Å². The van der Waals surface area contributed by atoms with Crippen LogP contribution in [0.25, 0.3) is 0 Å². The largest absolute Gasteiger partial charge is 0.299 e. The molecule has 0 aromatic carbocycles. The molecule has 128 valence electrons. The monoisotopic (exact) mass is 316 g/mol. The number of hydrogen-bond donors (Lipinski definition) is 0. The lowest BCUT2D eigenvalue weighted by molar-refractivity contribution is -0.134. The molecule has 4 bridgehead atoms. The molecule has 0 N–H and O–H groups in total. The fourth-order valence-electron chi connectivity index (χ4n) is 7.36. The maximum absolute atomic E-state index is 13.1. The smallest absolute Gasteiger partial charge is 0.142 e. The minimum atomic E-state index is -0.150. The van der Waals surface area contributed by atoms with Gasteiger partial charge < -0.3 is 0 Å². The van der Waals surface area contributed by atoms with Crippen LogP contribution in [0, 0.1) is 45.3 Å². The molecule has 23 heavy (non-hydrogen) atoms. The van der Waals surface area contributed by atoms with Crippen molar-refractivity contribution in [2.24, 2.45) is 45.3 Å². The summed E-state index contributed by atoms with van der Waals surface area (Å²) < 4.78 is 0. The van der Waals surface area contributed by atoms with Crippen LogP contribution < -0.4 is 0 Å². The van der Waals surface area contributed by atoms with Gasteiger partial charge in [-0.05, 0) is 54.8 Å². The molecule has 4 saturated carbocycles. The first-order valence-corrected chi connectivity index (χ1v) is 9.57. The standard InChI is InChI=1S/C21H32O2/c1-18(2)14-7-9-20(18,5)16(22)12(14)11-13-15-8-10-21(6,17(13)23)19(15,3)4/h12-15H,7-11H2,1-6H3/t12-,13-,14-,15+,20+,21+/m1/s1. The van der Waals surface area contributed by atoms with Gasteiger partial charge in [-0.15, -0.1) is 0 Å². The second kappa shape index (κ2) is 4.11. The van der Waals surface area contributed by atoms with Crippen molar-refractivity contribution in [2.45, 2.75) is 73.6 Å². The highest BCUT2D eigenvalue weighted by Crippen LogP contribution is 2.70. The molecule has 4 aliphatic carbocycles. The quantitative estimate of drug-likeness (QED) is 0.742. The van der Waals surface area contributed by atoms with Gasteiger partial charge in [-0.2, -0.15) is 0 Å². The zero-order valence-electron chi connectivity index (χ0n) is 15.7. The molecule has 6 atom stereocenters. The van der Waals surface area contributed by atoms with E-state index in [1.54, 1.807) is 0 Å². The Hall–Kier alpha value is -0.660. The Labute approximate surface area is 140 Å². The highest BCUT2D eigenvalue weighted by molar-refractivity contribution is 5.94. The van der Waals surface area contributed by atoms with Gasteiger partial charge in [0.15, 0.2) is 0 Å². The second-order valence-electron chi connectivity index (χ2n) is 10.6. The summed E-state index contributed by atoms with van der Waals surface area (Å²) >= 11 is 0. The molecule has 0 heterocycles. The zero-order valence-corrected chi connectivity index (χ0v) is 15.7. The molecule has 4 aliphatic rings. The topological polar surface area (TPSA) is 34.1 Å². The molecule has 0 aliphatic heterocycles. The van der Waals surface area contributed by atoms with Gasteiger partial charge in [0.25, 0.3) is 0 Å². The summed E-state index contributed by atoms with van der Waals surface area (Å²) in [6.07, 6.45) is 5.28. The summed E-state index contributed by atoms with van der Waals surface area (Å²) in [6, 6.07) is 0. The highest BCUT2D eigenvalue weighted by atomic mass is 16.1. The van der Waals surface area contributed by atoms with Gasteiger partial charge in [0, 0.05) is 22.7 Å². The maximum atomic E-state index is 13.1. The molecule has 4 rings (SSSR count). The summed E-state index contributed by atoms with van der Waals surface area (Å²) in [5, 5.41) is 0. The summed E-state index contributed by atoms with van der Waals surface area (Å²) in [4.78, 5) is 26.3. The van der Waals surface area contributed by atoms with E-state index < -0.39 is 0 Å². The Balaban J connectivity index is 1.64. The molecular formula is C21H32O2. The van der Waals surface area contributed by atoms with E-state index in [9.17, 15) is 9.59 Å². The van der Waals surface area contributed by atoms with E-state index in [1.165, 1.54) is 12.8 Å². The van der Waals surface area contributed by atoms with Crippen molar-refractivity contribution in [1.29, 1.82) is 0 Å². The van der Waals surface area contributed by atoms with E-state index in [1.807, 2.05) is 0 Å². The molecule has 0 radical (unpaired) electrons. The molecule has 0 spiro atoms. The Bertz CT molecular complexity index is 549. The van der Waals surface area contributed by atoms with Crippen molar-refractivity contribution in [3.8, 4) is 0 Å². The summed E-state index contributed by atoms with van der Waals surface area (Å²) in [7, 11) is 0. The molecule has 0 aromatic heterocycles. The van der Waals surface area contributed by atoms with E-state index in [-0.39, 0.29) is 33.5 Å². The minimum absolute atomic E-state index is 0.106. The van der Waals surface area contributed by atoms with Crippen LogP contribution >= 0.6 is 0 Å². The van der Waals surface area contributed by atoms with Crippen LogP contribution in [0.1, 0.15) is 73.6 Å². The highest BCUT2D eigenvalue weighted by Gasteiger charge is 2.70. The van der Waals surface area contributed by atoms with Crippen molar-refractivity contribution >= 4 is 11.6 Å². The summed E-state index contributed by atoms with van der Waals surface area (Å²) in [5.41, 5.74) is -0.0888. The number of ketones is 2. The van der Waals surface area contributed by atoms with Gasteiger partial charge >= 0.3 is 0 Å². The lowest BCUT2D eigenvalue weighted by Gasteiger charge is -2.32. The Kier molecular flexibility index (Phi) is 2.83. The molecule has 0 saturated heterocycles. The third kappa shape index (κ3) is 1.48. The molecule has 0 unspecified atom stereocenters. The number of Topliss-reactive ketones (excluding diaryl/α,β-unsaturated/α-hetero) is 2. The van der Waals surface area contributed by atoms with Crippen LogP contribution in [0.4, 0.5) is 0 Å². The average Bonchev–Trinajstić information content (AvgIpc) is 2.93. The first-order valence-electron chi connectivity index (χ1n) is 9.57. The maximum Gasteiger partial charge on any atom is 0.142 e. The van der Waals surface area contributed by atoms with Gasteiger partial charge in [0.2, 0.25) is 0 Å². The molecule has 0 aromatic rings. The van der Waals surface area contributed by atoms with Gasteiger partial charge in [-0.3, -0.25) is 9.59 Å². The van der Waals surface area contributed by atoms with Crippen molar-refractivity contribution in [1.82, 2.24) is 0 Å².